The Bertz CT molecular complexity index is 1180. The molecule has 1 aliphatic heterocycles. The molecule has 0 aliphatic carbocycles. The van der Waals surface area contributed by atoms with Crippen molar-refractivity contribution in [3.63, 3.8) is 0 Å². The highest BCUT2D eigenvalue weighted by molar-refractivity contribution is 6.31. The Morgan fingerprint density at radius 2 is 1.87 bits per heavy atom. The zero-order valence-corrected chi connectivity index (χ0v) is 16.5. The largest absolute Gasteiger partial charge is 0.489 e. The Balaban J connectivity index is 1.53. The topological polar surface area (TPSA) is 44.8 Å². The van der Waals surface area contributed by atoms with Crippen LogP contribution in [0.15, 0.2) is 66.4 Å². The van der Waals surface area contributed by atoms with Gasteiger partial charge in [0.15, 0.2) is 5.76 Å². The van der Waals surface area contributed by atoms with Gasteiger partial charge in [-0.3, -0.25) is 4.79 Å². The van der Waals surface area contributed by atoms with E-state index in [1.807, 2.05) is 0 Å². The van der Waals surface area contributed by atoms with Gasteiger partial charge in [-0.25, -0.2) is 4.39 Å². The third-order valence-electron chi connectivity index (χ3n) is 4.47. The Hall–Kier alpha value is -3.45. The molecule has 3 aromatic rings. The van der Waals surface area contributed by atoms with Crippen molar-refractivity contribution in [3.05, 3.63) is 94.0 Å². The molecule has 1 aliphatic rings. The first-order valence-electron chi connectivity index (χ1n) is 9.09. The van der Waals surface area contributed by atoms with Gasteiger partial charge in [-0.15, -0.1) is 0 Å². The maximum absolute atomic E-state index is 13.2. The van der Waals surface area contributed by atoms with Crippen molar-refractivity contribution in [2.75, 3.05) is 0 Å². The summed E-state index contributed by atoms with van der Waals surface area (Å²) in [5.74, 6) is -0.259. The summed E-state index contributed by atoms with van der Waals surface area (Å²) in [6.07, 6.45) is 1.35. The first kappa shape index (κ1) is 20.8. The van der Waals surface area contributed by atoms with E-state index in [2.05, 4.69) is 4.74 Å². The monoisotopic (exact) mass is 446 g/mol. The van der Waals surface area contributed by atoms with Crippen LogP contribution < -0.4 is 14.2 Å². The van der Waals surface area contributed by atoms with Crippen molar-refractivity contribution in [2.24, 2.45) is 0 Å². The van der Waals surface area contributed by atoms with Crippen molar-refractivity contribution in [2.45, 2.75) is 13.2 Å². The number of Topliss-reactive ketones (excluding diaryl/α,β-unsaturated/α-hetero) is 1. The van der Waals surface area contributed by atoms with Crippen LogP contribution in [0.4, 0.5) is 13.2 Å². The normalized spacial score (nSPS) is 14.0. The van der Waals surface area contributed by atoms with Gasteiger partial charge in [0.05, 0.1) is 10.6 Å². The summed E-state index contributed by atoms with van der Waals surface area (Å²) in [7, 11) is 0. The lowest BCUT2D eigenvalue weighted by Gasteiger charge is -2.09. The van der Waals surface area contributed by atoms with E-state index < -0.39 is 18.2 Å². The van der Waals surface area contributed by atoms with E-state index in [1.165, 1.54) is 42.5 Å². The maximum atomic E-state index is 13.2. The lowest BCUT2D eigenvalue weighted by atomic mass is 10.1. The molecule has 0 unspecified atom stereocenters. The Morgan fingerprint density at radius 1 is 1.06 bits per heavy atom. The lowest BCUT2D eigenvalue weighted by molar-refractivity contribution is -0.0499. The highest BCUT2D eigenvalue weighted by atomic mass is 35.5. The fourth-order valence-corrected chi connectivity index (χ4v) is 3.22. The Morgan fingerprint density at radius 3 is 2.65 bits per heavy atom. The second kappa shape index (κ2) is 8.73. The molecule has 0 bridgehead atoms. The second-order valence-corrected chi connectivity index (χ2v) is 6.95. The fourth-order valence-electron chi connectivity index (χ4n) is 3.00. The smallest absolute Gasteiger partial charge is 0.387 e. The first-order chi connectivity index (χ1) is 14.9. The molecule has 0 aromatic heterocycles. The quantitative estimate of drug-likeness (QED) is 0.418. The number of rotatable bonds is 6. The summed E-state index contributed by atoms with van der Waals surface area (Å²) in [5.41, 5.74) is 1.18. The molecule has 4 nitrogen and oxygen atoms in total. The van der Waals surface area contributed by atoms with Gasteiger partial charge in [0.2, 0.25) is 5.78 Å². The summed E-state index contributed by atoms with van der Waals surface area (Å²) in [6, 6.07) is 14.7. The van der Waals surface area contributed by atoms with Crippen LogP contribution in [0.5, 0.6) is 17.2 Å². The summed E-state index contributed by atoms with van der Waals surface area (Å²) >= 11 is 6.00. The molecule has 0 saturated heterocycles. The molecule has 4 rings (SSSR count). The number of ether oxygens (including phenoxy) is 3. The van der Waals surface area contributed by atoms with Crippen molar-refractivity contribution < 1.29 is 32.2 Å². The number of allylic oxidation sites excluding steroid dienone is 1. The van der Waals surface area contributed by atoms with E-state index in [4.69, 9.17) is 21.1 Å². The molecular weight excluding hydrogens is 433 g/mol. The fraction of sp³-hybridized carbons (Fsp3) is 0.0870. The molecule has 8 heteroatoms. The number of carbonyl (C=O) groups is 1. The zero-order valence-electron chi connectivity index (χ0n) is 15.8. The van der Waals surface area contributed by atoms with Gasteiger partial charge in [-0.1, -0.05) is 35.9 Å². The van der Waals surface area contributed by atoms with Crippen LogP contribution in [0.3, 0.4) is 0 Å². The van der Waals surface area contributed by atoms with Gasteiger partial charge < -0.3 is 14.2 Å². The number of para-hydroxylation sites is 1. The minimum Gasteiger partial charge on any atom is -0.489 e. The van der Waals surface area contributed by atoms with Crippen LogP contribution in [0.2, 0.25) is 5.02 Å². The molecule has 0 amide bonds. The summed E-state index contributed by atoms with van der Waals surface area (Å²) in [5, 5.41) is 0.238. The van der Waals surface area contributed by atoms with Crippen molar-refractivity contribution in [1.82, 2.24) is 0 Å². The van der Waals surface area contributed by atoms with Gasteiger partial charge in [0, 0.05) is 17.2 Å². The molecule has 0 atom stereocenters. The van der Waals surface area contributed by atoms with Gasteiger partial charge >= 0.3 is 6.61 Å². The molecule has 0 radical (unpaired) electrons. The number of hydrogen-bond donors (Lipinski definition) is 0. The zero-order chi connectivity index (χ0) is 22.0. The number of ketones is 1. The third kappa shape index (κ3) is 4.67. The van der Waals surface area contributed by atoms with E-state index in [9.17, 15) is 18.0 Å². The number of benzene rings is 3. The van der Waals surface area contributed by atoms with E-state index in [-0.39, 0.29) is 34.5 Å². The lowest BCUT2D eigenvalue weighted by Crippen LogP contribution is -2.04. The maximum Gasteiger partial charge on any atom is 0.387 e. The SMILES string of the molecule is O=C1/C(=C/c2ccccc2OC(F)F)Oc2cc(OCc3ccc(F)cc3Cl)ccc21. The van der Waals surface area contributed by atoms with E-state index in [0.29, 0.717) is 16.9 Å². The predicted octanol–water partition coefficient (Wildman–Crippen LogP) is 6.28. The third-order valence-corrected chi connectivity index (χ3v) is 4.82. The molecule has 158 valence electrons. The average Bonchev–Trinajstić information content (AvgIpc) is 3.03. The van der Waals surface area contributed by atoms with Gasteiger partial charge in [0.1, 0.15) is 29.7 Å². The second-order valence-electron chi connectivity index (χ2n) is 6.54. The molecule has 1 heterocycles. The minimum atomic E-state index is -2.99. The predicted molar refractivity (Wildman–Crippen MR) is 108 cm³/mol. The van der Waals surface area contributed by atoms with Gasteiger partial charge in [-0.2, -0.15) is 8.78 Å². The van der Waals surface area contributed by atoms with Crippen LogP contribution >= 0.6 is 11.6 Å². The number of carbonyl (C=O) groups excluding carboxylic acids is 1. The highest BCUT2D eigenvalue weighted by Crippen LogP contribution is 2.36. The molecule has 3 aromatic carbocycles. The number of alkyl halides is 2. The highest BCUT2D eigenvalue weighted by Gasteiger charge is 2.28. The molecule has 0 saturated carbocycles. The van der Waals surface area contributed by atoms with E-state index in [1.54, 1.807) is 24.3 Å². The van der Waals surface area contributed by atoms with Crippen molar-refractivity contribution in [3.8, 4) is 17.2 Å². The van der Waals surface area contributed by atoms with Gasteiger partial charge in [0.25, 0.3) is 0 Å². The first-order valence-corrected chi connectivity index (χ1v) is 9.47. The molecule has 0 fully saturated rings. The molecular formula is C23H14ClF3O4. The molecule has 0 spiro atoms. The number of fused-ring (bicyclic) bond motifs is 1. The Kier molecular flexibility index (Phi) is 5.86. The van der Waals surface area contributed by atoms with Crippen LogP contribution in [-0.2, 0) is 6.61 Å². The van der Waals surface area contributed by atoms with Crippen molar-refractivity contribution in [1.29, 1.82) is 0 Å². The summed E-state index contributed by atoms with van der Waals surface area (Å²) in [4.78, 5) is 12.6. The minimum absolute atomic E-state index is 0.0287. The number of halogens is 4. The van der Waals surface area contributed by atoms with Crippen molar-refractivity contribution >= 4 is 23.5 Å². The van der Waals surface area contributed by atoms with E-state index in [0.717, 1.165) is 0 Å². The average molecular weight is 447 g/mol. The summed E-state index contributed by atoms with van der Waals surface area (Å²) < 4.78 is 54.1. The standard InChI is InChI=1S/C23H14ClF3O4/c24-18-10-15(25)6-5-14(18)12-29-16-7-8-17-20(11-16)30-21(22(17)28)9-13-3-1-2-4-19(13)31-23(26)27/h1-11,23H,12H2/b21-9-. The summed E-state index contributed by atoms with van der Waals surface area (Å²) in [6.45, 7) is -2.90. The molecule has 31 heavy (non-hydrogen) atoms. The van der Waals surface area contributed by atoms with Crippen LogP contribution in [-0.4, -0.2) is 12.4 Å². The van der Waals surface area contributed by atoms with Crippen LogP contribution in [0.25, 0.3) is 6.08 Å². The Labute approximate surface area is 180 Å². The number of hydrogen-bond acceptors (Lipinski definition) is 4. The van der Waals surface area contributed by atoms with E-state index >= 15 is 0 Å². The van der Waals surface area contributed by atoms with Gasteiger partial charge in [-0.05, 0) is 36.4 Å². The van der Waals surface area contributed by atoms with Crippen LogP contribution in [0, 0.1) is 5.82 Å². The van der Waals surface area contributed by atoms with Crippen LogP contribution in [0.1, 0.15) is 21.5 Å². The molecule has 0 N–H and O–H groups in total.